The molecule has 0 aliphatic heterocycles. The van der Waals surface area contributed by atoms with Crippen molar-refractivity contribution in [3.8, 4) is 23.0 Å². The third-order valence-electron chi connectivity index (χ3n) is 7.88. The highest BCUT2D eigenvalue weighted by molar-refractivity contribution is 7.99. The summed E-state index contributed by atoms with van der Waals surface area (Å²) in [6, 6.07) is 31.1. The largest absolute Gasteiger partial charge is 0.496 e. The Kier molecular flexibility index (Phi) is 7.66. The van der Waals surface area contributed by atoms with Crippen LogP contribution in [0, 0.1) is 24.0 Å². The van der Waals surface area contributed by atoms with E-state index in [-0.39, 0.29) is 17.1 Å². The first-order valence-electron chi connectivity index (χ1n) is 14.7. The minimum Gasteiger partial charge on any atom is -0.496 e. The lowest BCUT2D eigenvalue weighted by Gasteiger charge is -2.11. The molecule has 0 atom stereocenters. The molecule has 7 rings (SSSR count). The van der Waals surface area contributed by atoms with Gasteiger partial charge in [-0.05, 0) is 86.6 Å². The number of rotatable bonds is 8. The number of non-ortho nitro benzene ring substituents is 1. The Bertz CT molecular complexity index is 2390. The highest BCUT2D eigenvalue weighted by Crippen LogP contribution is 2.33. The zero-order valence-electron chi connectivity index (χ0n) is 25.6. The average molecular weight is 642 g/mol. The van der Waals surface area contributed by atoms with Gasteiger partial charge in [-0.1, -0.05) is 30.0 Å². The fourth-order valence-electron chi connectivity index (χ4n) is 5.58. The summed E-state index contributed by atoms with van der Waals surface area (Å²) < 4.78 is 15.1. The van der Waals surface area contributed by atoms with Gasteiger partial charge in [0.15, 0.2) is 5.76 Å². The third-order valence-corrected chi connectivity index (χ3v) is 8.89. The lowest BCUT2D eigenvalue weighted by molar-refractivity contribution is -0.384. The Morgan fingerprint density at radius 2 is 1.64 bits per heavy atom. The molecule has 0 fully saturated rings. The van der Waals surface area contributed by atoms with Gasteiger partial charge in [-0.2, -0.15) is 9.78 Å². The molecule has 0 spiro atoms. The molecule has 47 heavy (non-hydrogen) atoms. The second-order valence-corrected chi connectivity index (χ2v) is 12.0. The summed E-state index contributed by atoms with van der Waals surface area (Å²) in [6.45, 7) is 4.02. The van der Waals surface area contributed by atoms with Crippen molar-refractivity contribution in [3.63, 3.8) is 0 Å². The maximum Gasteiger partial charge on any atom is 0.282 e. The van der Waals surface area contributed by atoms with Gasteiger partial charge >= 0.3 is 0 Å². The Morgan fingerprint density at radius 1 is 0.915 bits per heavy atom. The van der Waals surface area contributed by atoms with Gasteiger partial charge in [0.25, 0.3) is 11.2 Å². The van der Waals surface area contributed by atoms with Gasteiger partial charge in [-0.3, -0.25) is 14.9 Å². The molecule has 11 heteroatoms. The van der Waals surface area contributed by atoms with Crippen molar-refractivity contribution < 1.29 is 14.1 Å². The van der Waals surface area contributed by atoms with Crippen molar-refractivity contribution >= 4 is 45.5 Å². The fourth-order valence-corrected chi connectivity index (χ4v) is 6.40. The van der Waals surface area contributed by atoms with Crippen LogP contribution < -0.4 is 10.3 Å². The lowest BCUT2D eigenvalue weighted by Crippen LogP contribution is -2.20. The Balaban J connectivity index is 1.23. The molecule has 7 aromatic rings. The smallest absolute Gasteiger partial charge is 0.282 e. The second-order valence-electron chi connectivity index (χ2n) is 10.8. The number of nitro groups is 1. The van der Waals surface area contributed by atoms with Crippen molar-refractivity contribution in [1.82, 2.24) is 14.2 Å². The second kappa shape index (κ2) is 12.1. The molecule has 0 N–H and O–H groups in total. The number of hydrogen-bond donors (Lipinski definition) is 0. The number of para-hydroxylation sites is 1. The van der Waals surface area contributed by atoms with Crippen LogP contribution in [0.5, 0.6) is 5.75 Å². The van der Waals surface area contributed by atoms with Crippen LogP contribution in [0.25, 0.3) is 39.1 Å². The molecular weight excluding hydrogens is 614 g/mol. The van der Waals surface area contributed by atoms with Gasteiger partial charge in [-0.15, -0.1) is 0 Å². The Labute approximate surface area is 272 Å². The van der Waals surface area contributed by atoms with E-state index < -0.39 is 4.92 Å². The van der Waals surface area contributed by atoms with E-state index in [0.717, 1.165) is 37.8 Å². The molecule has 10 nitrogen and oxygen atoms in total. The van der Waals surface area contributed by atoms with E-state index in [2.05, 4.69) is 9.67 Å². The zero-order valence-corrected chi connectivity index (χ0v) is 26.4. The summed E-state index contributed by atoms with van der Waals surface area (Å²) in [5.41, 5.74) is 4.64. The van der Waals surface area contributed by atoms with Crippen LogP contribution in [0.4, 0.5) is 5.69 Å². The summed E-state index contributed by atoms with van der Waals surface area (Å²) in [6.07, 6.45) is 1.67. The number of furan rings is 1. The minimum absolute atomic E-state index is 0.0655. The Hall–Kier alpha value is -5.94. The maximum absolute atomic E-state index is 13.8. The number of nitrogens with zero attached hydrogens (tertiary/aromatic N) is 5. The van der Waals surface area contributed by atoms with Crippen LogP contribution in [0.2, 0.25) is 0 Å². The first kappa shape index (κ1) is 29.8. The molecule has 0 aliphatic carbocycles. The van der Waals surface area contributed by atoms with Crippen molar-refractivity contribution in [2.24, 2.45) is 5.10 Å². The van der Waals surface area contributed by atoms with Crippen LogP contribution in [0.1, 0.15) is 17.0 Å². The zero-order chi connectivity index (χ0) is 32.7. The number of aryl methyl sites for hydroxylation is 1. The molecule has 0 amide bonds. The SMILES string of the molecule is COc1cccc2oc(-c3nc4ccccc4c(=O)n3N=Cc3cc(C)n(-c4ccc(Sc5ccc([N+](=O)[O-])cc5)cc4)c3C)cc12. The molecule has 0 aliphatic rings. The number of benzene rings is 4. The van der Waals surface area contributed by atoms with Gasteiger partial charge in [0.1, 0.15) is 11.3 Å². The molecule has 3 aromatic heterocycles. The van der Waals surface area contributed by atoms with Crippen LogP contribution in [0.15, 0.2) is 127 Å². The first-order valence-corrected chi connectivity index (χ1v) is 15.5. The first-order chi connectivity index (χ1) is 22.8. The van der Waals surface area contributed by atoms with E-state index in [1.54, 1.807) is 43.7 Å². The number of ether oxygens (including phenoxy) is 1. The monoisotopic (exact) mass is 641 g/mol. The molecule has 0 bridgehead atoms. The average Bonchev–Trinajstić information content (AvgIpc) is 3.64. The predicted octanol–water partition coefficient (Wildman–Crippen LogP) is 8.17. The topological polar surface area (TPSA) is 118 Å². The summed E-state index contributed by atoms with van der Waals surface area (Å²) in [4.78, 5) is 31.0. The van der Waals surface area contributed by atoms with Gasteiger partial charge < -0.3 is 13.7 Å². The van der Waals surface area contributed by atoms with E-state index in [0.29, 0.717) is 28.0 Å². The number of fused-ring (bicyclic) bond motifs is 2. The normalized spacial score (nSPS) is 11.6. The number of aromatic nitrogens is 3. The summed E-state index contributed by atoms with van der Waals surface area (Å²) in [5.74, 6) is 1.32. The quantitative estimate of drug-likeness (QED) is 0.0933. The molecule has 0 saturated heterocycles. The number of nitro benzene ring substituents is 1. The molecule has 0 saturated carbocycles. The molecule has 0 unspecified atom stereocenters. The van der Waals surface area contributed by atoms with Gasteiger partial charge in [0, 0.05) is 44.6 Å². The van der Waals surface area contributed by atoms with E-state index in [1.807, 2.05) is 74.5 Å². The lowest BCUT2D eigenvalue weighted by atomic mass is 10.2. The summed E-state index contributed by atoms with van der Waals surface area (Å²) >= 11 is 1.53. The highest BCUT2D eigenvalue weighted by Gasteiger charge is 2.18. The predicted molar refractivity (Wildman–Crippen MR) is 183 cm³/mol. The molecule has 4 aromatic carbocycles. The maximum atomic E-state index is 13.8. The van der Waals surface area contributed by atoms with E-state index >= 15 is 0 Å². The molecular formula is C36H27N5O5S. The minimum atomic E-state index is -0.404. The number of methoxy groups -OCH3 is 1. The number of hydrogen-bond acceptors (Lipinski definition) is 8. The molecule has 3 heterocycles. The van der Waals surface area contributed by atoms with Crippen molar-refractivity contribution in [1.29, 1.82) is 0 Å². The van der Waals surface area contributed by atoms with Gasteiger partial charge in [-0.25, -0.2) is 4.98 Å². The van der Waals surface area contributed by atoms with Gasteiger partial charge in [0.2, 0.25) is 5.82 Å². The van der Waals surface area contributed by atoms with E-state index in [4.69, 9.17) is 14.1 Å². The van der Waals surface area contributed by atoms with Crippen LogP contribution in [-0.4, -0.2) is 32.5 Å². The van der Waals surface area contributed by atoms with E-state index in [9.17, 15) is 14.9 Å². The van der Waals surface area contributed by atoms with Gasteiger partial charge in [0.05, 0.1) is 34.5 Å². The fraction of sp³-hybridized carbons (Fsp3) is 0.0833. The Morgan fingerprint density at radius 3 is 2.36 bits per heavy atom. The van der Waals surface area contributed by atoms with Crippen LogP contribution in [-0.2, 0) is 0 Å². The summed E-state index contributed by atoms with van der Waals surface area (Å²) in [5, 5.41) is 16.8. The van der Waals surface area contributed by atoms with Crippen molar-refractivity contribution in [2.45, 2.75) is 23.6 Å². The third kappa shape index (κ3) is 5.57. The van der Waals surface area contributed by atoms with Crippen molar-refractivity contribution in [3.05, 3.63) is 141 Å². The highest BCUT2D eigenvalue weighted by atomic mass is 32.2. The molecule has 232 valence electrons. The van der Waals surface area contributed by atoms with E-state index in [1.165, 1.54) is 28.6 Å². The molecule has 0 radical (unpaired) electrons. The van der Waals surface area contributed by atoms with Crippen LogP contribution >= 0.6 is 11.8 Å². The summed E-state index contributed by atoms with van der Waals surface area (Å²) in [7, 11) is 1.60. The van der Waals surface area contributed by atoms with Crippen molar-refractivity contribution in [2.75, 3.05) is 7.11 Å². The standard InChI is InChI=1S/C36H27N5O5S/c1-22-19-24(23(2)39(22)25-11-15-27(16-12-25)47-28-17-13-26(14-18-28)41(43)44)21-37-40-35(38-31-8-5-4-7-29(31)36(40)42)34-20-30-32(45-3)9-6-10-33(30)46-34/h4-21H,1-3H3. The van der Waals surface area contributed by atoms with Crippen LogP contribution in [0.3, 0.4) is 0 Å².